The smallest absolute Gasteiger partial charge is 0.285 e. The third kappa shape index (κ3) is 3.42. The molecule has 2 aromatic rings. The van der Waals surface area contributed by atoms with E-state index in [1.165, 1.54) is 12.3 Å². The van der Waals surface area contributed by atoms with Crippen molar-refractivity contribution in [2.24, 2.45) is 0 Å². The van der Waals surface area contributed by atoms with Gasteiger partial charge in [0, 0.05) is 5.56 Å². The first kappa shape index (κ1) is 15.5. The van der Waals surface area contributed by atoms with E-state index in [1.54, 1.807) is 19.1 Å². The van der Waals surface area contributed by atoms with Gasteiger partial charge in [-0.25, -0.2) is 9.97 Å². The van der Waals surface area contributed by atoms with Crippen LogP contribution in [0, 0.1) is 17.0 Å². The van der Waals surface area contributed by atoms with Crippen LogP contribution in [0.4, 0.5) is 11.5 Å². The largest absolute Gasteiger partial charge is 0.304 e. The van der Waals surface area contributed by atoms with Crippen molar-refractivity contribution >= 4 is 49.3 Å². The molecule has 1 N–H and O–H groups in total. The number of aryl methyl sites for hydroxylation is 1. The molecule has 9 heteroatoms. The molecule has 1 aromatic carbocycles. The molecule has 0 aliphatic heterocycles. The van der Waals surface area contributed by atoms with Crippen LogP contribution in [0.15, 0.2) is 33.6 Å². The maximum Gasteiger partial charge on any atom is 0.285 e. The molecule has 0 radical (unpaired) electrons. The SMILES string of the molecule is Cc1cccc(C(=O)Nc2ncc(Br)nc2Br)c1[N+](=O)[O-]. The molecule has 0 atom stereocenters. The predicted octanol–water partition coefficient (Wildman–Crippen LogP) is 3.47. The van der Waals surface area contributed by atoms with Gasteiger partial charge < -0.3 is 5.32 Å². The summed E-state index contributed by atoms with van der Waals surface area (Å²) in [6, 6.07) is 4.55. The number of hydrogen-bond donors (Lipinski definition) is 1. The van der Waals surface area contributed by atoms with E-state index in [-0.39, 0.29) is 17.1 Å². The number of nitro groups is 1. The summed E-state index contributed by atoms with van der Waals surface area (Å²) in [5, 5.41) is 13.6. The van der Waals surface area contributed by atoms with Crippen LogP contribution in [0.1, 0.15) is 15.9 Å². The molecule has 2 rings (SSSR count). The van der Waals surface area contributed by atoms with Crippen LogP contribution in [0.2, 0.25) is 0 Å². The van der Waals surface area contributed by atoms with Gasteiger partial charge in [0.1, 0.15) is 14.8 Å². The van der Waals surface area contributed by atoms with Gasteiger partial charge in [0.15, 0.2) is 5.82 Å². The molecule has 108 valence electrons. The van der Waals surface area contributed by atoms with Crippen molar-refractivity contribution in [2.75, 3.05) is 5.32 Å². The molecule has 7 nitrogen and oxygen atoms in total. The predicted molar refractivity (Wildman–Crippen MR) is 83.2 cm³/mol. The van der Waals surface area contributed by atoms with E-state index >= 15 is 0 Å². The highest BCUT2D eigenvalue weighted by Gasteiger charge is 2.23. The second-order valence-electron chi connectivity index (χ2n) is 4.01. The van der Waals surface area contributed by atoms with E-state index in [0.717, 1.165) is 0 Å². The van der Waals surface area contributed by atoms with Gasteiger partial charge in [-0.3, -0.25) is 14.9 Å². The number of halogens is 2. The normalized spacial score (nSPS) is 10.2. The number of nitrogens with zero attached hydrogens (tertiary/aromatic N) is 3. The third-order valence-corrected chi connectivity index (χ3v) is 3.53. The summed E-state index contributed by atoms with van der Waals surface area (Å²) in [7, 11) is 0. The van der Waals surface area contributed by atoms with Gasteiger partial charge in [0.05, 0.1) is 11.1 Å². The molecule has 0 spiro atoms. The lowest BCUT2D eigenvalue weighted by molar-refractivity contribution is -0.385. The molecular weight excluding hydrogens is 408 g/mol. The minimum absolute atomic E-state index is 0.0309. The van der Waals surface area contributed by atoms with Crippen molar-refractivity contribution < 1.29 is 9.72 Å². The number of carbonyl (C=O) groups is 1. The van der Waals surface area contributed by atoms with Crippen LogP contribution < -0.4 is 5.32 Å². The number of nitrogens with one attached hydrogen (secondary N) is 1. The Hall–Kier alpha value is -1.87. The van der Waals surface area contributed by atoms with Gasteiger partial charge in [0.2, 0.25) is 0 Å². The number of benzene rings is 1. The number of carbonyl (C=O) groups excluding carboxylic acids is 1. The van der Waals surface area contributed by atoms with Crippen molar-refractivity contribution in [3.8, 4) is 0 Å². The van der Waals surface area contributed by atoms with Crippen LogP contribution in [-0.4, -0.2) is 20.8 Å². The first-order chi connectivity index (χ1) is 9.90. The number of rotatable bonds is 3. The van der Waals surface area contributed by atoms with Gasteiger partial charge in [-0.05, 0) is 44.8 Å². The summed E-state index contributed by atoms with van der Waals surface area (Å²) < 4.78 is 0.814. The van der Waals surface area contributed by atoms with Crippen LogP contribution >= 0.6 is 31.9 Å². The summed E-state index contributed by atoms with van der Waals surface area (Å²) in [4.78, 5) is 30.7. The number of para-hydroxylation sites is 1. The molecule has 1 aromatic heterocycles. The lowest BCUT2D eigenvalue weighted by Crippen LogP contribution is -2.16. The molecule has 1 heterocycles. The summed E-state index contributed by atoms with van der Waals surface area (Å²) in [6.45, 7) is 1.57. The van der Waals surface area contributed by atoms with E-state index < -0.39 is 10.8 Å². The molecule has 0 saturated heterocycles. The van der Waals surface area contributed by atoms with Crippen LogP contribution in [0.5, 0.6) is 0 Å². The Balaban J connectivity index is 2.37. The molecule has 0 aliphatic rings. The number of nitro benzene ring substituents is 1. The molecule has 21 heavy (non-hydrogen) atoms. The van der Waals surface area contributed by atoms with Gasteiger partial charge in [0.25, 0.3) is 11.6 Å². The summed E-state index contributed by atoms with van der Waals surface area (Å²) >= 11 is 6.30. The molecule has 0 aliphatic carbocycles. The summed E-state index contributed by atoms with van der Waals surface area (Å²) in [6.07, 6.45) is 1.41. The Morgan fingerprint density at radius 3 is 2.71 bits per heavy atom. The maximum absolute atomic E-state index is 12.2. The lowest BCUT2D eigenvalue weighted by Gasteiger charge is -2.07. The number of amides is 1. The maximum atomic E-state index is 12.2. The van der Waals surface area contributed by atoms with Gasteiger partial charge in [-0.15, -0.1) is 0 Å². The van der Waals surface area contributed by atoms with E-state index in [2.05, 4.69) is 47.1 Å². The van der Waals surface area contributed by atoms with Crippen LogP contribution in [0.25, 0.3) is 0 Å². The minimum atomic E-state index is -0.622. The summed E-state index contributed by atoms with van der Waals surface area (Å²) in [5.74, 6) is -0.443. The Kier molecular flexibility index (Phi) is 4.63. The fraction of sp³-hybridized carbons (Fsp3) is 0.0833. The zero-order valence-electron chi connectivity index (χ0n) is 10.6. The zero-order chi connectivity index (χ0) is 15.6. The van der Waals surface area contributed by atoms with Gasteiger partial charge in [-0.2, -0.15) is 0 Å². The fourth-order valence-electron chi connectivity index (χ4n) is 1.69. The Morgan fingerprint density at radius 2 is 2.10 bits per heavy atom. The first-order valence-electron chi connectivity index (χ1n) is 5.63. The van der Waals surface area contributed by atoms with Crippen molar-refractivity contribution in [1.29, 1.82) is 0 Å². The average Bonchev–Trinajstić information content (AvgIpc) is 2.41. The Bertz CT molecular complexity index is 736. The highest BCUT2D eigenvalue weighted by molar-refractivity contribution is 9.11. The highest BCUT2D eigenvalue weighted by Crippen LogP contribution is 2.25. The molecule has 1 amide bonds. The highest BCUT2D eigenvalue weighted by atomic mass is 79.9. The van der Waals surface area contributed by atoms with Crippen molar-refractivity contribution in [1.82, 2.24) is 9.97 Å². The van der Waals surface area contributed by atoms with E-state index in [0.29, 0.717) is 14.8 Å². The second-order valence-corrected chi connectivity index (χ2v) is 5.58. The topological polar surface area (TPSA) is 98.0 Å². The molecule has 0 saturated carbocycles. The average molecular weight is 416 g/mol. The molecular formula is C12H8Br2N4O3. The number of hydrogen-bond acceptors (Lipinski definition) is 5. The molecule has 0 unspecified atom stereocenters. The Labute approximate surface area is 136 Å². The lowest BCUT2D eigenvalue weighted by atomic mass is 10.1. The molecule has 0 fully saturated rings. The van der Waals surface area contributed by atoms with E-state index in [1.807, 2.05) is 0 Å². The third-order valence-electron chi connectivity index (χ3n) is 2.60. The van der Waals surface area contributed by atoms with Crippen molar-refractivity contribution in [3.05, 3.63) is 54.8 Å². The first-order valence-corrected chi connectivity index (χ1v) is 7.22. The second kappa shape index (κ2) is 6.27. The van der Waals surface area contributed by atoms with E-state index in [9.17, 15) is 14.9 Å². The minimum Gasteiger partial charge on any atom is -0.304 e. The summed E-state index contributed by atoms with van der Waals surface area (Å²) in [5.41, 5.74) is 0.154. The van der Waals surface area contributed by atoms with Gasteiger partial charge >= 0.3 is 0 Å². The van der Waals surface area contributed by atoms with E-state index in [4.69, 9.17) is 0 Å². The standard InChI is InChI=1S/C12H8Br2N4O3/c1-6-3-2-4-7(9(6)18(20)21)12(19)17-11-10(14)16-8(13)5-15-11/h2-5H,1H3,(H,15,17,19). The molecule has 0 bridgehead atoms. The zero-order valence-corrected chi connectivity index (χ0v) is 13.8. The van der Waals surface area contributed by atoms with Crippen molar-refractivity contribution in [2.45, 2.75) is 6.92 Å². The quantitative estimate of drug-likeness (QED) is 0.611. The fourth-order valence-corrected chi connectivity index (χ4v) is 2.60. The van der Waals surface area contributed by atoms with Crippen molar-refractivity contribution in [3.63, 3.8) is 0 Å². The van der Waals surface area contributed by atoms with Crippen LogP contribution in [0.3, 0.4) is 0 Å². The monoisotopic (exact) mass is 414 g/mol. The number of aromatic nitrogens is 2. The van der Waals surface area contributed by atoms with Gasteiger partial charge in [-0.1, -0.05) is 12.1 Å². The number of anilines is 1. The van der Waals surface area contributed by atoms with Crippen LogP contribution in [-0.2, 0) is 0 Å². The Morgan fingerprint density at radius 1 is 1.38 bits per heavy atom.